The van der Waals surface area contributed by atoms with Gasteiger partial charge in [-0.1, -0.05) is 25.1 Å². The van der Waals surface area contributed by atoms with Crippen LogP contribution in [0.1, 0.15) is 24.2 Å². The molecule has 4 atom stereocenters. The van der Waals surface area contributed by atoms with Gasteiger partial charge in [0.25, 0.3) is 0 Å². The van der Waals surface area contributed by atoms with Crippen LogP contribution in [0.5, 0.6) is 0 Å². The van der Waals surface area contributed by atoms with E-state index in [-0.39, 0.29) is 11.7 Å². The Morgan fingerprint density at radius 3 is 2.50 bits per heavy atom. The summed E-state index contributed by atoms with van der Waals surface area (Å²) < 4.78 is 15.8. The largest absolute Gasteiger partial charge is 0.456 e. The highest BCUT2D eigenvalue weighted by Crippen LogP contribution is 2.27. The summed E-state index contributed by atoms with van der Waals surface area (Å²) in [6.45, 7) is 3.46. The van der Waals surface area contributed by atoms with Gasteiger partial charge in [-0.3, -0.25) is 4.79 Å². The summed E-state index contributed by atoms with van der Waals surface area (Å²) >= 11 is 0. The van der Waals surface area contributed by atoms with Crippen LogP contribution in [0.25, 0.3) is 0 Å². The van der Waals surface area contributed by atoms with Crippen molar-refractivity contribution in [2.24, 2.45) is 5.92 Å². The number of carbonyl (C=O) groups is 2. The van der Waals surface area contributed by atoms with Gasteiger partial charge in [-0.05, 0) is 19.1 Å². The Labute approximate surface area is 117 Å². The number of Topliss-reactive ketones (excluding diaryl/α,β-unsaturated/α-hetero) is 1. The average Bonchev–Trinajstić information content (AvgIpc) is 2.76. The molecule has 0 amide bonds. The lowest BCUT2D eigenvalue weighted by Gasteiger charge is -2.21. The molecular weight excluding hydrogens is 260 g/mol. The molecule has 1 aromatic carbocycles. The van der Waals surface area contributed by atoms with Crippen LogP contribution in [-0.2, 0) is 19.0 Å². The quantitative estimate of drug-likeness (QED) is 0.786. The molecule has 2 rings (SSSR count). The fourth-order valence-electron chi connectivity index (χ4n) is 2.27. The molecule has 1 aliphatic heterocycles. The highest BCUT2D eigenvalue weighted by molar-refractivity contribution is 5.89. The fraction of sp³-hybridized carbons (Fsp3) is 0.467. The Kier molecular flexibility index (Phi) is 4.52. The molecule has 0 radical (unpaired) electrons. The third-order valence-electron chi connectivity index (χ3n) is 3.43. The lowest BCUT2D eigenvalue weighted by molar-refractivity contribution is -0.157. The molecule has 0 bridgehead atoms. The van der Waals surface area contributed by atoms with Crippen molar-refractivity contribution in [3.8, 4) is 0 Å². The van der Waals surface area contributed by atoms with Gasteiger partial charge in [0, 0.05) is 7.11 Å². The van der Waals surface area contributed by atoms with Crippen molar-refractivity contribution in [2.75, 3.05) is 7.11 Å². The van der Waals surface area contributed by atoms with Gasteiger partial charge in [0.05, 0.1) is 11.5 Å². The summed E-state index contributed by atoms with van der Waals surface area (Å²) in [6.07, 6.45) is -1.88. The number of esters is 1. The lowest BCUT2D eigenvalue weighted by Crippen LogP contribution is -2.33. The van der Waals surface area contributed by atoms with E-state index in [2.05, 4.69) is 0 Å². The molecule has 1 heterocycles. The Hall–Kier alpha value is -1.72. The first-order valence-electron chi connectivity index (χ1n) is 6.52. The highest BCUT2D eigenvalue weighted by atomic mass is 16.7. The normalized spacial score (nSPS) is 27.4. The summed E-state index contributed by atoms with van der Waals surface area (Å²) in [6, 6.07) is 8.71. The van der Waals surface area contributed by atoms with E-state index in [1.54, 1.807) is 38.1 Å². The van der Waals surface area contributed by atoms with Gasteiger partial charge < -0.3 is 14.2 Å². The van der Waals surface area contributed by atoms with Gasteiger partial charge in [-0.15, -0.1) is 0 Å². The van der Waals surface area contributed by atoms with Crippen LogP contribution in [0, 0.1) is 5.92 Å². The minimum atomic E-state index is -0.868. The monoisotopic (exact) mass is 278 g/mol. The number of ketones is 1. The lowest BCUT2D eigenvalue weighted by atomic mass is 9.99. The van der Waals surface area contributed by atoms with Crippen LogP contribution < -0.4 is 0 Å². The van der Waals surface area contributed by atoms with E-state index >= 15 is 0 Å². The molecule has 1 unspecified atom stereocenters. The molecule has 0 spiro atoms. The van der Waals surface area contributed by atoms with Crippen molar-refractivity contribution in [1.82, 2.24) is 0 Å². The van der Waals surface area contributed by atoms with E-state index in [1.807, 2.05) is 6.07 Å². The van der Waals surface area contributed by atoms with Crippen molar-refractivity contribution >= 4 is 11.8 Å². The van der Waals surface area contributed by atoms with Gasteiger partial charge in [0.1, 0.15) is 12.2 Å². The first kappa shape index (κ1) is 14.7. The van der Waals surface area contributed by atoms with Crippen molar-refractivity contribution in [3.05, 3.63) is 35.9 Å². The maximum Gasteiger partial charge on any atom is 0.338 e. The van der Waals surface area contributed by atoms with E-state index in [4.69, 9.17) is 14.2 Å². The zero-order valence-electron chi connectivity index (χ0n) is 11.7. The summed E-state index contributed by atoms with van der Waals surface area (Å²) in [5, 5.41) is 0. The van der Waals surface area contributed by atoms with Crippen LogP contribution in [-0.4, -0.2) is 37.4 Å². The van der Waals surface area contributed by atoms with Crippen molar-refractivity contribution < 1.29 is 23.8 Å². The van der Waals surface area contributed by atoms with E-state index in [1.165, 1.54) is 7.11 Å². The molecule has 1 aromatic rings. The Bertz CT molecular complexity index is 484. The fourth-order valence-corrected chi connectivity index (χ4v) is 2.27. The first-order chi connectivity index (χ1) is 9.54. The van der Waals surface area contributed by atoms with Gasteiger partial charge in [-0.25, -0.2) is 4.79 Å². The highest BCUT2D eigenvalue weighted by Gasteiger charge is 2.44. The minimum absolute atomic E-state index is 0.125. The number of benzene rings is 1. The number of carbonyl (C=O) groups excluding carboxylic acids is 2. The van der Waals surface area contributed by atoms with Crippen LogP contribution in [0.4, 0.5) is 0 Å². The summed E-state index contributed by atoms with van der Waals surface area (Å²) in [5.74, 6) is -0.916. The maximum atomic E-state index is 12.0. The standard InChI is InChI=1S/C15H18O5/c1-9-12(16)15(18-3)20-13(9)10(2)19-14(17)11-7-5-4-6-8-11/h4-10,13,15H,1-3H3/t9-,10?,13-,15-/m0/s1. The molecule has 1 fully saturated rings. The van der Waals surface area contributed by atoms with Gasteiger partial charge in [0.2, 0.25) is 6.29 Å². The summed E-state index contributed by atoms with van der Waals surface area (Å²) in [7, 11) is 1.41. The zero-order valence-corrected chi connectivity index (χ0v) is 11.7. The van der Waals surface area contributed by atoms with Crippen molar-refractivity contribution in [2.45, 2.75) is 32.3 Å². The number of hydrogen-bond acceptors (Lipinski definition) is 5. The van der Waals surface area contributed by atoms with Crippen molar-refractivity contribution in [1.29, 1.82) is 0 Å². The first-order valence-corrected chi connectivity index (χ1v) is 6.52. The second-order valence-electron chi connectivity index (χ2n) is 4.84. The van der Waals surface area contributed by atoms with Crippen LogP contribution in [0.15, 0.2) is 30.3 Å². The van der Waals surface area contributed by atoms with E-state index in [0.717, 1.165) is 0 Å². The summed E-state index contributed by atoms with van der Waals surface area (Å²) in [4.78, 5) is 23.8. The second-order valence-corrected chi connectivity index (χ2v) is 4.84. The predicted molar refractivity (Wildman–Crippen MR) is 71.2 cm³/mol. The number of hydrogen-bond donors (Lipinski definition) is 0. The average molecular weight is 278 g/mol. The molecule has 0 aromatic heterocycles. The second kappa shape index (κ2) is 6.15. The van der Waals surface area contributed by atoms with E-state index < -0.39 is 24.5 Å². The molecule has 20 heavy (non-hydrogen) atoms. The van der Waals surface area contributed by atoms with Crippen LogP contribution >= 0.6 is 0 Å². The molecular formula is C15H18O5. The molecule has 5 nitrogen and oxygen atoms in total. The minimum Gasteiger partial charge on any atom is -0.456 e. The molecule has 0 saturated carbocycles. The van der Waals surface area contributed by atoms with Gasteiger partial charge >= 0.3 is 5.97 Å². The topological polar surface area (TPSA) is 61.8 Å². The van der Waals surface area contributed by atoms with E-state index in [9.17, 15) is 9.59 Å². The third-order valence-corrected chi connectivity index (χ3v) is 3.43. The Morgan fingerprint density at radius 2 is 1.95 bits per heavy atom. The van der Waals surface area contributed by atoms with Crippen LogP contribution in [0.3, 0.4) is 0 Å². The Balaban J connectivity index is 2.00. The number of ether oxygens (including phenoxy) is 3. The molecule has 0 aliphatic carbocycles. The predicted octanol–water partition coefficient (Wildman–Crippen LogP) is 1.81. The molecule has 108 valence electrons. The maximum absolute atomic E-state index is 12.0. The molecule has 1 aliphatic rings. The molecule has 1 saturated heterocycles. The molecule has 0 N–H and O–H groups in total. The van der Waals surface area contributed by atoms with E-state index in [0.29, 0.717) is 5.56 Å². The summed E-state index contributed by atoms with van der Waals surface area (Å²) in [5.41, 5.74) is 0.472. The van der Waals surface area contributed by atoms with Crippen molar-refractivity contribution in [3.63, 3.8) is 0 Å². The Morgan fingerprint density at radius 1 is 1.30 bits per heavy atom. The van der Waals surface area contributed by atoms with Gasteiger partial charge in [0.15, 0.2) is 5.78 Å². The van der Waals surface area contributed by atoms with Gasteiger partial charge in [-0.2, -0.15) is 0 Å². The van der Waals surface area contributed by atoms with Crippen LogP contribution in [0.2, 0.25) is 0 Å². The molecule has 5 heteroatoms. The SMILES string of the molecule is CO[C@H]1O[C@H](C(C)OC(=O)c2ccccc2)[C@@H](C)C1=O. The number of methoxy groups -OCH3 is 1. The third kappa shape index (κ3) is 2.89. The zero-order chi connectivity index (χ0) is 14.7. The number of rotatable bonds is 4. The smallest absolute Gasteiger partial charge is 0.338 e.